The number of hydrogen-bond acceptors (Lipinski definition) is 14. The highest BCUT2D eigenvalue weighted by molar-refractivity contribution is 8.00. The van der Waals surface area contributed by atoms with Crippen LogP contribution < -0.4 is 32.5 Å². The Bertz CT molecular complexity index is 1880. The second kappa shape index (κ2) is 20.0. The smallest absolute Gasteiger partial charge is 0.390 e. The van der Waals surface area contributed by atoms with Gasteiger partial charge in [0.1, 0.15) is 17.9 Å². The number of H-pyrrole nitrogens is 1. The standard InChI is InChI=1S/C28H43N6O17P3S/c35-19-13-24(49-20(19)15-48-53(44,45)51-54(46,47)50-52(41,42)43)34-14-17(26(38)33-28(34)40)7-6-12-30-22(36)9-2-1-5-11-29-23(37)10-4-3-8-21-25-18(16-55-21)31-27(39)32-25/h14,18-21,24-25,35H,1-5,8-13,15-16H2,(H,29,37)(H,30,36)(H,44,45)(H,46,47)(H2,31,32,39)(H,33,38,40)(H2,41,42,43)/t18-,19-,20+,21-,24+,25-/m0/s1. The molecule has 0 aliphatic carbocycles. The average Bonchev–Trinajstić information content (AvgIpc) is 3.74. The van der Waals surface area contributed by atoms with Crippen molar-refractivity contribution >= 4 is 53.1 Å². The predicted octanol–water partition coefficient (Wildman–Crippen LogP) is -0.602. The molecule has 0 bridgehead atoms. The molecule has 4 rings (SSSR count). The van der Waals surface area contributed by atoms with Gasteiger partial charge in [-0.25, -0.2) is 23.3 Å². The van der Waals surface area contributed by atoms with Crippen molar-refractivity contribution < 1.29 is 70.6 Å². The summed E-state index contributed by atoms with van der Waals surface area (Å²) in [5.41, 5.74) is -2.01. The Hall–Kier alpha value is -2.87. The number of aliphatic hydroxyl groups is 1. The van der Waals surface area contributed by atoms with Crippen molar-refractivity contribution in [2.24, 2.45) is 0 Å². The number of rotatable bonds is 20. The number of thioether (sulfide) groups is 1. The van der Waals surface area contributed by atoms with E-state index in [1.807, 2.05) is 16.7 Å². The van der Waals surface area contributed by atoms with Crippen molar-refractivity contribution in [1.29, 1.82) is 0 Å². The second-order valence-electron chi connectivity index (χ2n) is 12.6. The molecule has 3 aliphatic heterocycles. The van der Waals surface area contributed by atoms with Crippen LogP contribution in [0.25, 0.3) is 0 Å². The van der Waals surface area contributed by atoms with Crippen LogP contribution in [0.3, 0.4) is 0 Å². The molecule has 55 heavy (non-hydrogen) atoms. The zero-order chi connectivity index (χ0) is 40.4. The third-order valence-corrected chi connectivity index (χ3v) is 13.7. The maximum atomic E-state index is 12.5. The van der Waals surface area contributed by atoms with Gasteiger partial charge in [-0.2, -0.15) is 20.4 Å². The Morgan fingerprint density at radius 3 is 2.40 bits per heavy atom. The number of ether oxygens (including phenoxy) is 1. The minimum Gasteiger partial charge on any atom is -0.390 e. The van der Waals surface area contributed by atoms with Crippen LogP contribution in [0.5, 0.6) is 0 Å². The number of carbonyl (C=O) groups excluding carboxylic acids is 3. The van der Waals surface area contributed by atoms with Gasteiger partial charge in [0.05, 0.1) is 31.3 Å². The number of aromatic nitrogens is 2. The van der Waals surface area contributed by atoms with Gasteiger partial charge in [-0.05, 0) is 25.7 Å². The molecule has 3 saturated heterocycles. The molecule has 1 aromatic heterocycles. The van der Waals surface area contributed by atoms with E-state index in [4.69, 9.17) is 14.5 Å². The van der Waals surface area contributed by atoms with E-state index in [2.05, 4.69) is 46.3 Å². The molecule has 0 radical (unpaired) electrons. The number of hydrogen-bond donors (Lipinski definition) is 10. The monoisotopic (exact) mass is 860 g/mol. The third-order valence-electron chi connectivity index (χ3n) is 8.38. The van der Waals surface area contributed by atoms with Crippen molar-refractivity contribution in [3.05, 3.63) is 32.6 Å². The lowest BCUT2D eigenvalue weighted by Crippen LogP contribution is -2.36. The zero-order valence-electron chi connectivity index (χ0n) is 29.1. The molecule has 3 fully saturated rings. The molecule has 23 nitrogen and oxygen atoms in total. The SMILES string of the molecule is O=C(CCCCCNC(=O)CCCC[C@@H]1SC[C@@H]2NC(=O)N[C@@H]21)NCC#Cc1cn([C@H]2C[C@H](O)[C@@H](COP(=O)(O)OP(=O)(O)OP(=O)(O)O)O2)c(=O)[nH]c1=O. The van der Waals surface area contributed by atoms with E-state index in [1.54, 1.807) is 0 Å². The maximum absolute atomic E-state index is 12.5. The van der Waals surface area contributed by atoms with E-state index in [0.717, 1.165) is 35.8 Å². The molecule has 8 atom stereocenters. The van der Waals surface area contributed by atoms with Gasteiger partial charge >= 0.3 is 35.2 Å². The van der Waals surface area contributed by atoms with Crippen molar-refractivity contribution in [2.45, 2.75) is 93.6 Å². The first-order valence-electron chi connectivity index (χ1n) is 17.0. The molecular weight excluding hydrogens is 817 g/mol. The van der Waals surface area contributed by atoms with Crippen molar-refractivity contribution in [2.75, 3.05) is 25.4 Å². The largest absolute Gasteiger partial charge is 0.490 e. The number of aromatic amines is 1. The lowest BCUT2D eigenvalue weighted by molar-refractivity contribution is -0.122. The minimum absolute atomic E-state index is 0.0245. The second-order valence-corrected chi connectivity index (χ2v) is 18.3. The van der Waals surface area contributed by atoms with Crippen LogP contribution in [-0.2, 0) is 41.2 Å². The number of carbonyl (C=O) groups is 3. The number of nitrogens with zero attached hydrogens (tertiary/aromatic N) is 1. The minimum atomic E-state index is -5.77. The van der Waals surface area contributed by atoms with Crippen LogP contribution in [0.2, 0.25) is 0 Å². The van der Waals surface area contributed by atoms with E-state index < -0.39 is 59.8 Å². The number of aliphatic hydroxyl groups excluding tert-OH is 1. The summed E-state index contributed by atoms with van der Waals surface area (Å²) in [4.78, 5) is 98.8. The van der Waals surface area contributed by atoms with Crippen molar-refractivity contribution in [3.8, 4) is 11.8 Å². The zero-order valence-corrected chi connectivity index (χ0v) is 32.6. The Morgan fingerprint density at radius 2 is 1.67 bits per heavy atom. The third kappa shape index (κ3) is 14.9. The molecule has 0 aromatic carbocycles. The highest BCUT2D eigenvalue weighted by atomic mass is 32.2. The van der Waals surface area contributed by atoms with Crippen molar-refractivity contribution in [3.63, 3.8) is 0 Å². The van der Waals surface area contributed by atoms with Crippen LogP contribution in [0.1, 0.15) is 69.6 Å². The molecular formula is C28H43N6O17P3S. The van der Waals surface area contributed by atoms with Crippen LogP contribution in [-0.4, -0.2) is 107 Å². The summed E-state index contributed by atoms with van der Waals surface area (Å²) in [5, 5.41) is 22.1. The molecule has 4 heterocycles. The van der Waals surface area contributed by atoms with Gasteiger partial charge < -0.3 is 50.7 Å². The van der Waals surface area contributed by atoms with Gasteiger partial charge in [-0.15, -0.1) is 0 Å². The van der Waals surface area contributed by atoms with E-state index in [1.165, 1.54) is 0 Å². The molecule has 2 unspecified atom stereocenters. The number of unbranched alkanes of at least 4 members (excludes halogenated alkanes) is 3. The fourth-order valence-electron chi connectivity index (χ4n) is 5.84. The quantitative estimate of drug-likeness (QED) is 0.0339. The Morgan fingerprint density at radius 1 is 0.964 bits per heavy atom. The Balaban J connectivity index is 1.10. The molecule has 10 N–H and O–H groups in total. The lowest BCUT2D eigenvalue weighted by Gasteiger charge is -2.19. The Labute approximate surface area is 317 Å². The van der Waals surface area contributed by atoms with Gasteiger partial charge in [-0.3, -0.25) is 28.5 Å². The van der Waals surface area contributed by atoms with Gasteiger partial charge in [0.15, 0.2) is 0 Å². The van der Waals surface area contributed by atoms with Gasteiger partial charge in [0.25, 0.3) is 5.56 Å². The van der Waals surface area contributed by atoms with Crippen molar-refractivity contribution in [1.82, 2.24) is 30.8 Å². The average molecular weight is 861 g/mol. The van der Waals surface area contributed by atoms with Gasteiger partial charge in [0, 0.05) is 43.0 Å². The first-order valence-corrected chi connectivity index (χ1v) is 22.6. The topological polar surface area (TPSA) is 343 Å². The fourth-order valence-corrected chi connectivity index (χ4v) is 10.4. The Kier molecular flexibility index (Phi) is 16.3. The number of nitrogens with one attached hydrogen (secondary N) is 5. The molecule has 27 heteroatoms. The first-order chi connectivity index (χ1) is 25.8. The van der Waals surface area contributed by atoms with E-state index in [-0.39, 0.29) is 54.9 Å². The summed E-state index contributed by atoms with van der Waals surface area (Å²) in [6.07, 6.45) is 1.84. The molecule has 1 aromatic rings. The summed E-state index contributed by atoms with van der Waals surface area (Å²) in [6.45, 7) is -0.594. The molecule has 4 amide bonds. The first kappa shape index (κ1) is 44.8. The predicted molar refractivity (Wildman–Crippen MR) is 191 cm³/mol. The number of fused-ring (bicyclic) bond motifs is 1. The highest BCUT2D eigenvalue weighted by Crippen LogP contribution is 2.66. The number of phosphoric ester groups is 1. The highest BCUT2D eigenvalue weighted by Gasteiger charge is 2.44. The van der Waals surface area contributed by atoms with Crippen LogP contribution in [0.15, 0.2) is 15.8 Å². The number of phosphoric acid groups is 3. The van der Waals surface area contributed by atoms with E-state index in [0.29, 0.717) is 37.5 Å². The fraction of sp³-hybridized carbons (Fsp3) is 0.679. The molecule has 3 aliphatic rings. The summed E-state index contributed by atoms with van der Waals surface area (Å²) >= 11 is 1.85. The normalized spacial score (nSPS) is 25.4. The summed E-state index contributed by atoms with van der Waals surface area (Å²) < 4.78 is 52.3. The summed E-state index contributed by atoms with van der Waals surface area (Å²) in [6, 6.07) is 0.227. The summed E-state index contributed by atoms with van der Waals surface area (Å²) in [7, 11) is -16.9. The number of amides is 4. The van der Waals surface area contributed by atoms with Gasteiger partial charge in [-0.1, -0.05) is 24.7 Å². The van der Waals surface area contributed by atoms with E-state index in [9.17, 15) is 52.6 Å². The van der Waals surface area contributed by atoms with E-state index >= 15 is 0 Å². The van der Waals surface area contributed by atoms with Crippen LogP contribution in [0, 0.1) is 11.8 Å². The molecule has 0 spiro atoms. The maximum Gasteiger partial charge on any atom is 0.490 e. The van der Waals surface area contributed by atoms with Gasteiger partial charge in [0.2, 0.25) is 11.8 Å². The molecule has 308 valence electrons. The van der Waals surface area contributed by atoms with Crippen LogP contribution >= 0.6 is 35.2 Å². The molecule has 0 saturated carbocycles. The number of urea groups is 1. The lowest BCUT2D eigenvalue weighted by atomic mass is 10.0. The summed E-state index contributed by atoms with van der Waals surface area (Å²) in [5.74, 6) is 5.72. The van der Waals surface area contributed by atoms with Crippen LogP contribution in [0.4, 0.5) is 4.79 Å².